The van der Waals surface area contributed by atoms with E-state index in [-0.39, 0.29) is 116 Å². The molecular weight excluding hydrogens is 1900 g/mol. The number of halogens is 1. The van der Waals surface area contributed by atoms with Gasteiger partial charge in [0.25, 0.3) is 50.6 Å². The summed E-state index contributed by atoms with van der Waals surface area (Å²) in [7, 11) is -32.0. The van der Waals surface area contributed by atoms with Crippen LogP contribution in [0.1, 0.15) is 83.7 Å². The predicted molar refractivity (Wildman–Crippen MR) is 500 cm³/mol. The molecule has 0 bridgehead atoms. The van der Waals surface area contributed by atoms with E-state index in [1.54, 1.807) is 159 Å². The fourth-order valence-electron chi connectivity index (χ4n) is 9.62. The first-order chi connectivity index (χ1) is 62.2. The van der Waals surface area contributed by atoms with E-state index in [1.807, 2.05) is 87.4 Å². The second-order valence-corrected chi connectivity index (χ2v) is 45.0. The number of hydrogen-bond donors (Lipinski definition) is 0. The first-order valence-electron chi connectivity index (χ1n) is 40.2. The van der Waals surface area contributed by atoms with E-state index in [2.05, 4.69) is 15.1 Å². The van der Waals surface area contributed by atoms with Gasteiger partial charge in [0.2, 0.25) is 0 Å². The Morgan fingerprint density at radius 3 is 0.782 bits per heavy atom. The summed E-state index contributed by atoms with van der Waals surface area (Å²) in [5.41, 5.74) is 8.60. The molecule has 0 aliphatic rings. The average Bonchev–Trinajstić information content (AvgIpc) is 0.736. The molecule has 0 amide bonds. The van der Waals surface area contributed by atoms with E-state index in [4.69, 9.17) is 37.4 Å². The standard InChI is InChI=1S/C20H26O8S2.C17H20O4S2.C11H16O3S.C10H14O4S.C10H10O3S.2C7H8O3S.C6H7FN.C5H5N/c1-17-3-7-19(8-4-17)29(21,22)27-15-13-25-11-12-26-14-16-28-30(23,24)20-9-5-18(2)6-10-20;1-13-5-9-15(10-6-13)22(18,19)17(3,4)23(20,21)16-11-7-14(2)8-12-16;1-3-4-9-14-15(12,13)11-7-5-10(2)6-8-11;1-9-3-5-10(6-4-9)15(11,12)14-8-7-13-2;1-3-8-13-14(11,12)10-6-4-9(2)5-7-10;2*1-6-2-4-7(5-3-6)11(8,9)10;1-8-5-3-2-4-6(8)7;1-2-4-6-5-3-1/h3-10H,11-16H2,1-2H3;5-12H,1-4H3;5-8H,3-4,9H2,1-2H3;3-6H,7-8H2,1-2H3;1,4-7H,8H2,2H3;2*2-5H,1H3,(H,8,9,10);2-5H,1H3;1-5H/q;;;;;;;+1;/p-2. The number of nitrogens with zero attached hydrogens (tertiary/aromatic N) is 2. The van der Waals surface area contributed by atoms with Crippen LogP contribution in [0.15, 0.2) is 317 Å². The normalized spacial score (nSPS) is 11.6. The van der Waals surface area contributed by atoms with Crippen molar-refractivity contribution in [1.29, 1.82) is 0 Å². The third kappa shape index (κ3) is 43.4. The van der Waals surface area contributed by atoms with Gasteiger partial charge >= 0.3 is 5.95 Å². The Bertz CT molecular complexity index is 6130. The van der Waals surface area contributed by atoms with Gasteiger partial charge < -0.3 is 23.3 Å². The van der Waals surface area contributed by atoms with E-state index in [1.165, 1.54) is 129 Å². The smallest absolute Gasteiger partial charge is 0.359 e. The molecule has 0 saturated heterocycles. The Balaban J connectivity index is 0.000000399. The van der Waals surface area contributed by atoms with E-state index < -0.39 is 94.6 Å². The lowest BCUT2D eigenvalue weighted by Gasteiger charge is -2.25. The van der Waals surface area contributed by atoms with E-state index in [9.17, 15) is 89.3 Å². The second-order valence-electron chi connectivity index (χ2n) is 28.9. The third-order valence-electron chi connectivity index (χ3n) is 17.5. The highest BCUT2D eigenvalue weighted by Crippen LogP contribution is 2.35. The Hall–Kier alpha value is -10.1. The number of sulfone groups is 2. The van der Waals surface area contributed by atoms with Crippen LogP contribution in [0.4, 0.5) is 4.39 Å². The van der Waals surface area contributed by atoms with E-state index >= 15 is 0 Å². The summed E-state index contributed by atoms with van der Waals surface area (Å²) in [6.07, 6.45) is 11.7. The molecule has 40 heteroatoms. The molecule has 0 N–H and O–H groups in total. The molecule has 0 saturated carbocycles. The number of terminal acetylenes is 1. The van der Waals surface area contributed by atoms with Crippen LogP contribution in [0.5, 0.6) is 0 Å². The van der Waals surface area contributed by atoms with Crippen LogP contribution in [0, 0.1) is 80.6 Å². The molecular formula is C93H112FN2O28S9-. The summed E-state index contributed by atoms with van der Waals surface area (Å²) >= 11 is 0. The zero-order chi connectivity index (χ0) is 99.9. The van der Waals surface area contributed by atoms with E-state index in [0.29, 0.717) is 0 Å². The summed E-state index contributed by atoms with van der Waals surface area (Å²) in [5.74, 6) is 1.89. The molecule has 724 valence electrons. The van der Waals surface area contributed by atoms with Gasteiger partial charge in [-0.25, -0.2) is 33.7 Å². The maximum Gasteiger partial charge on any atom is 0.359 e. The quantitative estimate of drug-likeness (QED) is 0.00943. The number of methoxy groups -OCH3 is 1. The minimum Gasteiger partial charge on any atom is -0.744 e. The van der Waals surface area contributed by atoms with Gasteiger partial charge in [0.15, 0.2) is 30.0 Å². The van der Waals surface area contributed by atoms with Crippen LogP contribution in [-0.2, 0) is 133 Å². The molecule has 0 unspecified atom stereocenters. The maximum atomic E-state index is 12.9. The van der Waals surface area contributed by atoms with Gasteiger partial charge in [0.05, 0.1) is 104 Å². The molecule has 0 radical (unpaired) electrons. The van der Waals surface area contributed by atoms with Gasteiger partial charge in [-0.1, -0.05) is 185 Å². The topological polar surface area (TPSA) is 444 Å². The molecule has 30 nitrogen and oxygen atoms in total. The number of aromatic nitrogens is 2. The van der Waals surface area contributed by atoms with Crippen LogP contribution >= 0.6 is 0 Å². The van der Waals surface area contributed by atoms with Gasteiger partial charge in [-0.15, -0.1) is 10.8 Å². The number of rotatable bonds is 32. The largest absolute Gasteiger partial charge is 0.744 e. The monoisotopic (exact) mass is 2010 g/mol. The number of ether oxygens (including phenoxy) is 3. The number of aryl methyl sites for hydroxylation is 10. The van der Waals surface area contributed by atoms with Crippen LogP contribution in [0.3, 0.4) is 0 Å². The van der Waals surface area contributed by atoms with E-state index in [0.717, 1.165) is 62.9 Å². The zero-order valence-electron chi connectivity index (χ0n) is 75.9. The Kier molecular flexibility index (Phi) is 50.1. The number of hydrogen-bond acceptors (Lipinski definition) is 29. The minimum absolute atomic E-state index is 0.00351. The highest BCUT2D eigenvalue weighted by atomic mass is 32.3. The van der Waals surface area contributed by atoms with Crippen molar-refractivity contribution in [3.63, 3.8) is 0 Å². The number of unbranched alkanes of at least 4 members (excludes halogenated alkanes) is 1. The molecule has 0 atom stereocenters. The van der Waals surface area contributed by atoms with Gasteiger partial charge in [-0.3, -0.25) is 25.9 Å². The van der Waals surface area contributed by atoms with Crippen molar-refractivity contribution in [3.8, 4) is 12.3 Å². The highest BCUT2D eigenvalue weighted by molar-refractivity contribution is 8.10. The lowest BCUT2D eigenvalue weighted by molar-refractivity contribution is -0.700. The van der Waals surface area contributed by atoms with Gasteiger partial charge in [0, 0.05) is 31.6 Å². The minimum atomic E-state index is -4.27. The average molecular weight is 2010 g/mol. The fraction of sp³-hybridized carbons (Fsp3) is 0.290. The summed E-state index contributed by atoms with van der Waals surface area (Å²) in [5, 5.41) is 0. The Labute approximate surface area is 784 Å². The fourth-order valence-corrected chi connectivity index (χ4v) is 18.9. The molecule has 0 spiro atoms. The first kappa shape index (κ1) is 117. The van der Waals surface area contributed by atoms with Crippen LogP contribution in [0.25, 0.3) is 0 Å². The number of benzene rings is 9. The first-order valence-corrected chi connectivity index (χ1v) is 53.0. The van der Waals surface area contributed by atoms with Crippen molar-refractivity contribution in [1.82, 2.24) is 4.98 Å². The predicted octanol–water partition coefficient (Wildman–Crippen LogP) is 14.4. The SMILES string of the molecule is C#CCOS(=O)(=O)c1ccc(C)cc1.CCCCOS(=O)(=O)c1ccc(C)cc1.COCCOS(=O)(=O)c1ccc(C)cc1.C[n+]1ccccc1F.Cc1ccc(S(=O)(=O)C(C)(C)S(=O)(=O)c2ccc(C)cc2)cc1.Cc1ccc(S(=O)(=O)OCCOCCOCCOS(=O)(=O)c2ccc(C)cc2)cc1.Cc1ccc(S(=O)(=O)[O-])cc1.Cc1ccc(S(=O)(=O)[O-])cc1.c1ccncc1. The molecule has 11 aromatic rings. The highest BCUT2D eigenvalue weighted by Gasteiger charge is 2.48. The van der Waals surface area contributed by atoms with Crippen LogP contribution < -0.4 is 4.57 Å². The molecule has 2 heterocycles. The van der Waals surface area contributed by atoms with Crippen molar-refractivity contribution in [2.45, 2.75) is 144 Å². The lowest BCUT2D eigenvalue weighted by Crippen LogP contribution is -2.40. The van der Waals surface area contributed by atoms with Crippen molar-refractivity contribution in [2.75, 3.05) is 73.2 Å². The van der Waals surface area contributed by atoms with Crippen LogP contribution in [-0.4, -0.2) is 167 Å². The van der Waals surface area contributed by atoms with Crippen LogP contribution in [0.2, 0.25) is 0 Å². The van der Waals surface area contributed by atoms with Gasteiger partial charge in [0.1, 0.15) is 33.9 Å². The lowest BCUT2D eigenvalue weighted by atomic mass is 10.2. The molecule has 0 aliphatic carbocycles. The maximum absolute atomic E-state index is 12.9. The molecule has 2 aromatic heterocycles. The van der Waals surface area contributed by atoms with Crippen molar-refractivity contribution in [2.24, 2.45) is 7.05 Å². The molecule has 0 aliphatic heterocycles. The molecule has 0 fully saturated rings. The van der Waals surface area contributed by atoms with Crippen molar-refractivity contribution in [3.05, 3.63) is 329 Å². The summed E-state index contributed by atoms with van der Waals surface area (Å²) in [4.78, 5) is 4.15. The van der Waals surface area contributed by atoms with Gasteiger partial charge in [-0.05, 0) is 210 Å². The third-order valence-corrected chi connectivity index (χ3v) is 31.5. The number of pyridine rings is 2. The molecule has 133 heavy (non-hydrogen) atoms. The summed E-state index contributed by atoms with van der Waals surface area (Å²) in [6.45, 7) is 21.8. The van der Waals surface area contributed by atoms with Crippen molar-refractivity contribution < 1.29 is 129 Å². The van der Waals surface area contributed by atoms with Crippen molar-refractivity contribution >= 4 is 90.5 Å². The second kappa shape index (κ2) is 57.0. The summed E-state index contributed by atoms with van der Waals surface area (Å²) < 4.78 is 282. The zero-order valence-corrected chi connectivity index (χ0v) is 83.3. The van der Waals surface area contributed by atoms with Gasteiger partial charge in [-0.2, -0.15) is 46.7 Å². The molecule has 9 aromatic carbocycles. The Morgan fingerprint density at radius 2 is 0.571 bits per heavy atom. The molecule has 11 rings (SSSR count). The summed E-state index contributed by atoms with van der Waals surface area (Å²) in [6, 6.07) is 66.8. The Morgan fingerprint density at radius 1 is 0.331 bits per heavy atom.